The highest BCUT2D eigenvalue weighted by Crippen LogP contribution is 2.42. The molecule has 1 saturated heterocycles. The lowest BCUT2D eigenvalue weighted by Crippen LogP contribution is -2.51. The molecule has 0 aliphatic carbocycles. The summed E-state index contributed by atoms with van der Waals surface area (Å²) in [5.74, 6) is 2.23. The Morgan fingerprint density at radius 3 is 2.52 bits per heavy atom. The van der Waals surface area contributed by atoms with Crippen LogP contribution in [0.15, 0.2) is 12.1 Å². The molecule has 3 rings (SSSR count). The van der Waals surface area contributed by atoms with Gasteiger partial charge in [-0.1, -0.05) is 26.7 Å². The number of nitrogens with zero attached hydrogens (tertiary/aromatic N) is 2. The zero-order valence-corrected chi connectivity index (χ0v) is 17.2. The van der Waals surface area contributed by atoms with Crippen molar-refractivity contribution in [2.24, 2.45) is 5.92 Å². The van der Waals surface area contributed by atoms with Crippen LogP contribution in [-0.4, -0.2) is 56.1 Å². The fraction of sp³-hybridized carbons (Fsp3) is 0.682. The van der Waals surface area contributed by atoms with Crippen LogP contribution in [-0.2, 0) is 11.2 Å². The number of hydrogen-bond acceptors (Lipinski definition) is 4. The van der Waals surface area contributed by atoms with E-state index in [1.807, 2.05) is 0 Å². The molecule has 1 aromatic carbocycles. The molecule has 2 atom stereocenters. The van der Waals surface area contributed by atoms with Crippen molar-refractivity contribution in [1.82, 2.24) is 9.80 Å². The van der Waals surface area contributed by atoms with E-state index in [0.717, 1.165) is 69.6 Å². The second-order valence-corrected chi connectivity index (χ2v) is 7.88. The van der Waals surface area contributed by atoms with Crippen LogP contribution in [0.3, 0.4) is 0 Å². The number of ether oxygens (including phenoxy) is 2. The van der Waals surface area contributed by atoms with E-state index >= 15 is 0 Å². The first-order valence-corrected chi connectivity index (χ1v) is 10.3. The van der Waals surface area contributed by atoms with E-state index in [4.69, 9.17) is 9.47 Å². The molecule has 0 aromatic heterocycles. The Balaban J connectivity index is 1.75. The lowest BCUT2D eigenvalue weighted by atomic mass is 9.84. The van der Waals surface area contributed by atoms with Crippen molar-refractivity contribution in [2.75, 3.05) is 33.9 Å². The maximum atomic E-state index is 11.8. The highest BCUT2D eigenvalue weighted by atomic mass is 16.5. The van der Waals surface area contributed by atoms with Gasteiger partial charge >= 0.3 is 0 Å². The number of carbonyl (C=O) groups excluding carboxylic acids is 1. The molecule has 0 bridgehead atoms. The van der Waals surface area contributed by atoms with Crippen LogP contribution in [0, 0.1) is 5.92 Å². The van der Waals surface area contributed by atoms with Gasteiger partial charge in [-0.05, 0) is 48.4 Å². The van der Waals surface area contributed by atoms with E-state index in [1.54, 1.807) is 14.2 Å². The second-order valence-electron chi connectivity index (χ2n) is 7.88. The summed E-state index contributed by atoms with van der Waals surface area (Å²) in [7, 11) is 3.39. The van der Waals surface area contributed by atoms with Crippen LogP contribution in [0.4, 0.5) is 0 Å². The molecule has 2 aliphatic rings. The Labute approximate surface area is 163 Å². The predicted octanol–water partition coefficient (Wildman–Crippen LogP) is 3.66. The number of carbonyl (C=O) groups is 1. The van der Waals surface area contributed by atoms with E-state index in [0.29, 0.717) is 18.0 Å². The summed E-state index contributed by atoms with van der Waals surface area (Å²) in [6, 6.07) is 5.06. The number of rotatable bonds is 8. The maximum Gasteiger partial charge on any atom is 0.210 e. The third-order valence-electron chi connectivity index (χ3n) is 6.56. The number of methoxy groups -OCH3 is 2. The Morgan fingerprint density at radius 2 is 1.89 bits per heavy atom. The van der Waals surface area contributed by atoms with Crippen LogP contribution in [0.2, 0.25) is 0 Å². The molecule has 2 aliphatic heterocycles. The number of benzene rings is 1. The van der Waals surface area contributed by atoms with E-state index in [9.17, 15) is 4.79 Å². The molecule has 1 amide bonds. The molecule has 0 radical (unpaired) electrons. The third kappa shape index (κ3) is 4.08. The van der Waals surface area contributed by atoms with E-state index in [2.05, 4.69) is 35.8 Å². The van der Waals surface area contributed by atoms with Crippen molar-refractivity contribution < 1.29 is 14.3 Å². The topological polar surface area (TPSA) is 42.0 Å². The van der Waals surface area contributed by atoms with E-state index in [1.165, 1.54) is 11.1 Å². The molecule has 0 spiro atoms. The number of fused-ring (bicyclic) bond motifs is 3. The Hall–Kier alpha value is -1.75. The molecule has 2 heterocycles. The van der Waals surface area contributed by atoms with Crippen molar-refractivity contribution in [3.8, 4) is 11.5 Å². The number of hydrogen-bond donors (Lipinski definition) is 0. The van der Waals surface area contributed by atoms with Crippen LogP contribution in [0.1, 0.15) is 56.7 Å². The van der Waals surface area contributed by atoms with Crippen LogP contribution in [0.25, 0.3) is 0 Å². The van der Waals surface area contributed by atoms with Crippen molar-refractivity contribution in [3.05, 3.63) is 23.3 Å². The first-order valence-electron chi connectivity index (χ1n) is 10.3. The summed E-state index contributed by atoms with van der Waals surface area (Å²) < 4.78 is 11.0. The van der Waals surface area contributed by atoms with Gasteiger partial charge < -0.3 is 14.4 Å². The smallest absolute Gasteiger partial charge is 0.210 e. The average Bonchev–Trinajstić information content (AvgIpc) is 2.73. The fourth-order valence-electron chi connectivity index (χ4n) is 4.74. The first-order chi connectivity index (χ1) is 13.1. The predicted molar refractivity (Wildman–Crippen MR) is 107 cm³/mol. The molecule has 5 heteroatoms. The molecule has 1 fully saturated rings. The quantitative estimate of drug-likeness (QED) is 0.651. The first kappa shape index (κ1) is 20.0. The number of piperidine rings is 1. The largest absolute Gasteiger partial charge is 0.493 e. The summed E-state index contributed by atoms with van der Waals surface area (Å²) in [5.41, 5.74) is 2.74. The molecular weight excluding hydrogens is 340 g/mol. The summed E-state index contributed by atoms with van der Waals surface area (Å²) in [4.78, 5) is 16.4. The summed E-state index contributed by atoms with van der Waals surface area (Å²) in [6.07, 6.45) is 6.51. The fourth-order valence-corrected chi connectivity index (χ4v) is 4.74. The van der Waals surface area contributed by atoms with Gasteiger partial charge in [-0.2, -0.15) is 0 Å². The van der Waals surface area contributed by atoms with E-state index < -0.39 is 0 Å². The Kier molecular flexibility index (Phi) is 6.64. The number of amides is 1. The molecule has 27 heavy (non-hydrogen) atoms. The minimum Gasteiger partial charge on any atom is -0.493 e. The summed E-state index contributed by atoms with van der Waals surface area (Å²) >= 11 is 0. The maximum absolute atomic E-state index is 11.8. The van der Waals surface area contributed by atoms with Crippen molar-refractivity contribution in [3.63, 3.8) is 0 Å². The normalized spacial score (nSPS) is 22.1. The third-order valence-corrected chi connectivity index (χ3v) is 6.56. The van der Waals surface area contributed by atoms with Gasteiger partial charge in [-0.15, -0.1) is 0 Å². The van der Waals surface area contributed by atoms with Gasteiger partial charge in [0, 0.05) is 31.7 Å². The standard InChI is InChI=1S/C22H34N2O3/c1-5-16(6-2)13-24(15-25)18-7-8-20-19-12-22(27-4)21(26-3)11-17(19)9-10-23(20)14-18/h11-12,15-16,18,20H,5-10,13-14H2,1-4H3. The van der Waals surface area contributed by atoms with Crippen LogP contribution in [0.5, 0.6) is 11.5 Å². The van der Waals surface area contributed by atoms with Crippen LogP contribution < -0.4 is 9.47 Å². The van der Waals surface area contributed by atoms with Gasteiger partial charge in [0.1, 0.15) is 0 Å². The average molecular weight is 375 g/mol. The molecular formula is C22H34N2O3. The monoisotopic (exact) mass is 374 g/mol. The lowest BCUT2D eigenvalue weighted by molar-refractivity contribution is -0.122. The molecule has 0 saturated carbocycles. The Morgan fingerprint density at radius 1 is 1.19 bits per heavy atom. The van der Waals surface area contributed by atoms with Gasteiger partial charge in [0.2, 0.25) is 6.41 Å². The van der Waals surface area contributed by atoms with E-state index in [-0.39, 0.29) is 0 Å². The molecule has 1 aromatic rings. The van der Waals surface area contributed by atoms with Gasteiger partial charge in [0.15, 0.2) is 11.5 Å². The minimum atomic E-state index is 0.334. The van der Waals surface area contributed by atoms with Crippen molar-refractivity contribution >= 4 is 6.41 Å². The molecule has 5 nitrogen and oxygen atoms in total. The van der Waals surface area contributed by atoms with Crippen molar-refractivity contribution in [1.29, 1.82) is 0 Å². The highest BCUT2D eigenvalue weighted by Gasteiger charge is 2.36. The van der Waals surface area contributed by atoms with Gasteiger partial charge in [-0.3, -0.25) is 9.69 Å². The molecule has 2 unspecified atom stereocenters. The molecule has 0 N–H and O–H groups in total. The molecule has 150 valence electrons. The summed E-state index contributed by atoms with van der Waals surface area (Å²) in [5, 5.41) is 0. The minimum absolute atomic E-state index is 0.334. The van der Waals surface area contributed by atoms with Crippen LogP contribution >= 0.6 is 0 Å². The second kappa shape index (κ2) is 8.96. The van der Waals surface area contributed by atoms with Gasteiger partial charge in [0.05, 0.1) is 14.2 Å². The SMILES string of the molecule is CCC(CC)CN(C=O)C1CCC2c3cc(OC)c(OC)cc3CCN2C1. The summed E-state index contributed by atoms with van der Waals surface area (Å²) in [6.45, 7) is 7.34. The zero-order valence-electron chi connectivity index (χ0n) is 17.2. The van der Waals surface area contributed by atoms with Gasteiger partial charge in [0.25, 0.3) is 0 Å². The Bertz CT molecular complexity index is 645. The van der Waals surface area contributed by atoms with Gasteiger partial charge in [-0.25, -0.2) is 0 Å². The highest BCUT2D eigenvalue weighted by molar-refractivity contribution is 5.50. The lowest BCUT2D eigenvalue weighted by Gasteiger charge is -2.46. The zero-order chi connectivity index (χ0) is 19.4. The van der Waals surface area contributed by atoms with Crippen molar-refractivity contribution in [2.45, 2.75) is 58.0 Å².